The average molecular weight is 435 g/mol. The van der Waals surface area contributed by atoms with E-state index in [2.05, 4.69) is 5.32 Å². The van der Waals surface area contributed by atoms with Gasteiger partial charge in [0.1, 0.15) is 0 Å². The zero-order chi connectivity index (χ0) is 21.2. The first kappa shape index (κ1) is 21.8. The summed E-state index contributed by atoms with van der Waals surface area (Å²) in [4.78, 5) is 13.1. The highest BCUT2D eigenvalue weighted by Gasteiger charge is 2.34. The van der Waals surface area contributed by atoms with Gasteiger partial charge in [-0.2, -0.15) is 4.31 Å². The van der Waals surface area contributed by atoms with Gasteiger partial charge in [0.2, 0.25) is 15.9 Å². The van der Waals surface area contributed by atoms with Crippen LogP contribution in [0.3, 0.4) is 0 Å². The standard InChI is InChI=1S/C22H27ClN2O3S/c1-15-11-16(2)21(17(3)12-15)29(27,28)25-10-6-8-19(14-25)22(26)24-13-18-7-4-5-9-20(18)23/h4-5,7,9,11-12,19H,6,8,10,13-14H2,1-3H3,(H,24,26)/t19-/m1/s1. The van der Waals surface area contributed by atoms with Gasteiger partial charge in [-0.1, -0.05) is 47.5 Å². The third kappa shape index (κ3) is 4.82. The molecular formula is C22H27ClN2O3S. The number of piperidine rings is 1. The number of rotatable bonds is 5. The fourth-order valence-electron chi connectivity index (χ4n) is 4.05. The van der Waals surface area contributed by atoms with E-state index in [-0.39, 0.29) is 18.4 Å². The monoisotopic (exact) mass is 434 g/mol. The van der Waals surface area contributed by atoms with Crippen LogP contribution in [0.15, 0.2) is 41.3 Å². The first-order valence-corrected chi connectivity index (χ1v) is 11.6. The van der Waals surface area contributed by atoms with E-state index in [0.717, 1.165) is 22.3 Å². The van der Waals surface area contributed by atoms with Crippen LogP contribution in [0.2, 0.25) is 5.02 Å². The van der Waals surface area contributed by atoms with Crippen LogP contribution in [-0.4, -0.2) is 31.7 Å². The fourth-order valence-corrected chi connectivity index (χ4v) is 6.18. The number of halogens is 1. The molecule has 0 aliphatic carbocycles. The van der Waals surface area contributed by atoms with Crippen molar-refractivity contribution >= 4 is 27.5 Å². The molecule has 0 bridgehead atoms. The van der Waals surface area contributed by atoms with Crippen molar-refractivity contribution in [2.24, 2.45) is 5.92 Å². The van der Waals surface area contributed by atoms with Gasteiger partial charge in [0.15, 0.2) is 0 Å². The smallest absolute Gasteiger partial charge is 0.243 e. The summed E-state index contributed by atoms with van der Waals surface area (Å²) in [6, 6.07) is 11.1. The highest BCUT2D eigenvalue weighted by molar-refractivity contribution is 7.89. The van der Waals surface area contributed by atoms with Gasteiger partial charge >= 0.3 is 0 Å². The van der Waals surface area contributed by atoms with E-state index in [4.69, 9.17) is 11.6 Å². The SMILES string of the molecule is Cc1cc(C)c(S(=O)(=O)N2CCC[C@@H](C(=O)NCc3ccccc3Cl)C2)c(C)c1. The van der Waals surface area contributed by atoms with Crippen molar-refractivity contribution in [3.8, 4) is 0 Å². The van der Waals surface area contributed by atoms with Crippen molar-refractivity contribution in [3.63, 3.8) is 0 Å². The normalized spacial score (nSPS) is 17.9. The Balaban J connectivity index is 1.73. The van der Waals surface area contributed by atoms with Crippen LogP contribution in [0.1, 0.15) is 35.1 Å². The second-order valence-corrected chi connectivity index (χ2v) is 10.0. The molecule has 5 nitrogen and oxygen atoms in total. The number of nitrogens with one attached hydrogen (secondary N) is 1. The van der Waals surface area contributed by atoms with E-state index in [1.54, 1.807) is 6.07 Å². The van der Waals surface area contributed by atoms with Crippen molar-refractivity contribution in [3.05, 3.63) is 63.7 Å². The second kappa shape index (κ2) is 8.86. The molecule has 2 aromatic rings. The molecule has 1 fully saturated rings. The molecule has 1 N–H and O–H groups in total. The van der Waals surface area contributed by atoms with Gasteiger partial charge in [0, 0.05) is 24.7 Å². The molecule has 1 amide bonds. The lowest BCUT2D eigenvalue weighted by Crippen LogP contribution is -2.45. The average Bonchev–Trinajstić information content (AvgIpc) is 2.66. The van der Waals surface area contributed by atoms with Crippen LogP contribution in [0.5, 0.6) is 0 Å². The maximum atomic E-state index is 13.3. The van der Waals surface area contributed by atoms with Crippen LogP contribution >= 0.6 is 11.6 Å². The zero-order valence-corrected chi connectivity index (χ0v) is 18.6. The molecule has 0 unspecified atom stereocenters. The van der Waals surface area contributed by atoms with Gasteiger partial charge in [-0.15, -0.1) is 0 Å². The Morgan fingerprint density at radius 3 is 2.48 bits per heavy atom. The second-order valence-electron chi connectivity index (χ2n) is 7.74. The van der Waals surface area contributed by atoms with Crippen LogP contribution in [0.25, 0.3) is 0 Å². The number of carbonyl (C=O) groups excluding carboxylic acids is 1. The predicted molar refractivity (Wildman–Crippen MR) is 115 cm³/mol. The zero-order valence-electron chi connectivity index (χ0n) is 17.0. The van der Waals surface area contributed by atoms with Gasteiger partial charge in [-0.3, -0.25) is 4.79 Å². The molecule has 1 heterocycles. The topological polar surface area (TPSA) is 66.5 Å². The summed E-state index contributed by atoms with van der Waals surface area (Å²) in [6.07, 6.45) is 1.33. The van der Waals surface area contributed by atoms with Gasteiger partial charge in [0.25, 0.3) is 0 Å². The Morgan fingerprint density at radius 1 is 1.17 bits per heavy atom. The lowest BCUT2D eigenvalue weighted by Gasteiger charge is -2.32. The summed E-state index contributed by atoms with van der Waals surface area (Å²) in [7, 11) is -3.65. The fraction of sp³-hybridized carbons (Fsp3) is 0.409. The maximum Gasteiger partial charge on any atom is 0.243 e. The van der Waals surface area contributed by atoms with Gasteiger partial charge in [-0.05, 0) is 56.4 Å². The van der Waals surface area contributed by atoms with E-state index >= 15 is 0 Å². The first-order valence-electron chi connectivity index (χ1n) is 9.79. The lowest BCUT2D eigenvalue weighted by atomic mass is 9.99. The predicted octanol–water partition coefficient (Wildman–Crippen LogP) is 3.98. The Hall–Kier alpha value is -1.89. The summed E-state index contributed by atoms with van der Waals surface area (Å²) in [5.41, 5.74) is 3.36. The van der Waals surface area contributed by atoms with Crippen molar-refractivity contribution in [1.82, 2.24) is 9.62 Å². The minimum atomic E-state index is -3.65. The minimum Gasteiger partial charge on any atom is -0.352 e. The molecule has 3 rings (SSSR count). The molecule has 29 heavy (non-hydrogen) atoms. The van der Waals surface area contributed by atoms with Crippen molar-refractivity contribution < 1.29 is 13.2 Å². The Labute approximate surface area is 178 Å². The number of sulfonamides is 1. The third-order valence-corrected chi connectivity index (χ3v) is 7.91. The van der Waals surface area contributed by atoms with E-state index in [1.165, 1.54) is 4.31 Å². The summed E-state index contributed by atoms with van der Waals surface area (Å²) in [6.45, 7) is 6.57. The number of amides is 1. The van der Waals surface area contributed by atoms with E-state index in [1.807, 2.05) is 51.1 Å². The Bertz CT molecular complexity index is 997. The molecule has 1 atom stereocenters. The van der Waals surface area contributed by atoms with Crippen molar-refractivity contribution in [2.75, 3.05) is 13.1 Å². The van der Waals surface area contributed by atoms with Crippen LogP contribution in [0.4, 0.5) is 0 Å². The number of hydrogen-bond acceptors (Lipinski definition) is 3. The van der Waals surface area contributed by atoms with Crippen LogP contribution in [-0.2, 0) is 21.4 Å². The molecular weight excluding hydrogens is 408 g/mol. The van der Waals surface area contributed by atoms with Gasteiger partial charge in [0.05, 0.1) is 10.8 Å². The maximum absolute atomic E-state index is 13.3. The summed E-state index contributed by atoms with van der Waals surface area (Å²) in [5, 5.41) is 3.51. The van der Waals surface area contributed by atoms with Crippen molar-refractivity contribution in [2.45, 2.75) is 45.1 Å². The molecule has 0 radical (unpaired) electrons. The van der Waals surface area contributed by atoms with Gasteiger partial charge in [-0.25, -0.2) is 8.42 Å². The molecule has 0 spiro atoms. The molecule has 0 aromatic heterocycles. The molecule has 1 aliphatic rings. The summed E-state index contributed by atoms with van der Waals surface area (Å²) in [5.74, 6) is -0.505. The van der Waals surface area contributed by atoms with Crippen LogP contribution in [0, 0.1) is 26.7 Å². The number of hydrogen-bond donors (Lipinski definition) is 1. The Morgan fingerprint density at radius 2 is 1.83 bits per heavy atom. The number of benzene rings is 2. The number of nitrogens with zero attached hydrogens (tertiary/aromatic N) is 1. The minimum absolute atomic E-state index is 0.137. The molecule has 0 saturated carbocycles. The lowest BCUT2D eigenvalue weighted by molar-refractivity contribution is -0.126. The van der Waals surface area contributed by atoms with Crippen LogP contribution < -0.4 is 5.32 Å². The Kier molecular flexibility index (Phi) is 6.66. The molecule has 7 heteroatoms. The van der Waals surface area contributed by atoms with Gasteiger partial charge < -0.3 is 5.32 Å². The van der Waals surface area contributed by atoms with E-state index in [0.29, 0.717) is 35.8 Å². The molecule has 1 saturated heterocycles. The summed E-state index contributed by atoms with van der Waals surface area (Å²) >= 11 is 6.15. The number of aryl methyl sites for hydroxylation is 3. The van der Waals surface area contributed by atoms with Crippen molar-refractivity contribution in [1.29, 1.82) is 0 Å². The highest BCUT2D eigenvalue weighted by atomic mass is 35.5. The largest absolute Gasteiger partial charge is 0.352 e. The summed E-state index contributed by atoms with van der Waals surface area (Å²) < 4.78 is 28.1. The number of carbonyl (C=O) groups is 1. The third-order valence-electron chi connectivity index (χ3n) is 5.37. The quantitative estimate of drug-likeness (QED) is 0.773. The molecule has 2 aromatic carbocycles. The van der Waals surface area contributed by atoms with E-state index in [9.17, 15) is 13.2 Å². The molecule has 1 aliphatic heterocycles. The highest BCUT2D eigenvalue weighted by Crippen LogP contribution is 2.29. The molecule has 156 valence electrons. The van der Waals surface area contributed by atoms with E-state index < -0.39 is 10.0 Å². The first-order chi connectivity index (χ1) is 13.7.